The Balaban J connectivity index is 3.15. The van der Waals surface area contributed by atoms with E-state index in [1.165, 1.54) is 12.1 Å². The minimum absolute atomic E-state index is 0.0314. The quantitative estimate of drug-likeness (QED) is 0.427. The first-order valence-corrected chi connectivity index (χ1v) is 4.05. The van der Waals surface area contributed by atoms with Gasteiger partial charge in [-0.2, -0.15) is 0 Å². The van der Waals surface area contributed by atoms with Crippen molar-refractivity contribution in [3.8, 4) is 0 Å². The zero-order valence-electron chi connectivity index (χ0n) is 7.51. The van der Waals surface area contributed by atoms with Gasteiger partial charge in [0.25, 0.3) is 5.69 Å². The lowest BCUT2D eigenvalue weighted by molar-refractivity contribution is -0.385. The second-order valence-corrected chi connectivity index (χ2v) is 2.71. The van der Waals surface area contributed by atoms with Gasteiger partial charge in [-0.15, -0.1) is 0 Å². The second kappa shape index (κ2) is 4.38. The van der Waals surface area contributed by atoms with Crippen LogP contribution in [0.15, 0.2) is 24.3 Å². The first kappa shape index (κ1) is 10.2. The molecule has 0 heterocycles. The fourth-order valence-electron chi connectivity index (χ4n) is 1.07. The van der Waals surface area contributed by atoms with Crippen LogP contribution >= 0.6 is 0 Å². The number of anilines is 1. The Morgan fingerprint density at radius 2 is 2.21 bits per heavy atom. The standard InChI is InChI=1S/C9H11N3O2/c10-5-1-2-7-6-8(11)3-4-9(7)12(13)14/h1-4,6H,5,10-11H2. The predicted molar refractivity (Wildman–Crippen MR) is 55.6 cm³/mol. The van der Waals surface area contributed by atoms with Gasteiger partial charge in [-0.3, -0.25) is 10.1 Å². The minimum Gasteiger partial charge on any atom is -0.399 e. The van der Waals surface area contributed by atoms with Gasteiger partial charge in [0.1, 0.15) is 0 Å². The van der Waals surface area contributed by atoms with Gasteiger partial charge in [-0.05, 0) is 12.1 Å². The summed E-state index contributed by atoms with van der Waals surface area (Å²) in [5, 5.41) is 10.6. The fourth-order valence-corrected chi connectivity index (χ4v) is 1.07. The van der Waals surface area contributed by atoms with E-state index < -0.39 is 4.92 Å². The molecule has 4 N–H and O–H groups in total. The highest BCUT2D eigenvalue weighted by Crippen LogP contribution is 2.22. The van der Waals surface area contributed by atoms with E-state index in [1.54, 1.807) is 18.2 Å². The van der Waals surface area contributed by atoms with Gasteiger partial charge in [-0.25, -0.2) is 0 Å². The Labute approximate surface area is 81.2 Å². The summed E-state index contributed by atoms with van der Waals surface area (Å²) in [5.74, 6) is 0. The van der Waals surface area contributed by atoms with E-state index in [1.807, 2.05) is 0 Å². The van der Waals surface area contributed by atoms with Gasteiger partial charge >= 0.3 is 0 Å². The largest absolute Gasteiger partial charge is 0.399 e. The SMILES string of the molecule is NCC=Cc1cc(N)ccc1[N+](=O)[O-]. The number of hydrogen-bond donors (Lipinski definition) is 2. The van der Waals surface area contributed by atoms with Crippen molar-refractivity contribution in [1.29, 1.82) is 0 Å². The Morgan fingerprint density at radius 3 is 2.79 bits per heavy atom. The van der Waals surface area contributed by atoms with Gasteiger partial charge < -0.3 is 11.5 Å². The van der Waals surface area contributed by atoms with Crippen LogP contribution in [0.4, 0.5) is 11.4 Å². The number of nitro groups is 1. The van der Waals surface area contributed by atoms with E-state index in [9.17, 15) is 10.1 Å². The number of nitrogens with two attached hydrogens (primary N) is 2. The Kier molecular flexibility index (Phi) is 3.19. The lowest BCUT2D eigenvalue weighted by atomic mass is 10.1. The molecule has 1 rings (SSSR count). The summed E-state index contributed by atoms with van der Waals surface area (Å²) in [6, 6.07) is 4.42. The Morgan fingerprint density at radius 1 is 1.50 bits per heavy atom. The fraction of sp³-hybridized carbons (Fsp3) is 0.111. The zero-order valence-corrected chi connectivity index (χ0v) is 7.51. The molecule has 0 aliphatic carbocycles. The summed E-state index contributed by atoms with van der Waals surface area (Å²) in [4.78, 5) is 10.1. The van der Waals surface area contributed by atoms with E-state index in [2.05, 4.69) is 0 Å². The molecule has 5 heteroatoms. The van der Waals surface area contributed by atoms with E-state index in [-0.39, 0.29) is 5.69 Å². The van der Waals surface area contributed by atoms with Crippen molar-refractivity contribution in [2.75, 3.05) is 12.3 Å². The summed E-state index contributed by atoms with van der Waals surface area (Å²) >= 11 is 0. The monoisotopic (exact) mass is 193 g/mol. The highest BCUT2D eigenvalue weighted by atomic mass is 16.6. The van der Waals surface area contributed by atoms with E-state index in [0.29, 0.717) is 17.8 Å². The smallest absolute Gasteiger partial charge is 0.276 e. The number of benzene rings is 1. The van der Waals surface area contributed by atoms with Crippen molar-refractivity contribution in [3.05, 3.63) is 40.0 Å². The molecule has 0 spiro atoms. The van der Waals surface area contributed by atoms with Crippen LogP contribution < -0.4 is 11.5 Å². The van der Waals surface area contributed by atoms with Crippen molar-refractivity contribution >= 4 is 17.5 Å². The van der Waals surface area contributed by atoms with Crippen molar-refractivity contribution < 1.29 is 4.92 Å². The van der Waals surface area contributed by atoms with Crippen LogP contribution in [0.2, 0.25) is 0 Å². The highest BCUT2D eigenvalue weighted by Gasteiger charge is 2.10. The van der Waals surface area contributed by atoms with Crippen LogP contribution in [0, 0.1) is 10.1 Å². The molecular formula is C9H11N3O2. The summed E-state index contributed by atoms with van der Waals surface area (Å²) in [6.07, 6.45) is 3.23. The molecule has 0 saturated carbocycles. The molecule has 74 valence electrons. The van der Waals surface area contributed by atoms with Crippen molar-refractivity contribution in [3.63, 3.8) is 0 Å². The maximum Gasteiger partial charge on any atom is 0.276 e. The predicted octanol–water partition coefficient (Wildman–Crippen LogP) is 1.15. The topological polar surface area (TPSA) is 95.2 Å². The summed E-state index contributed by atoms with van der Waals surface area (Å²) in [6.45, 7) is 0.339. The first-order chi connectivity index (χ1) is 6.65. The molecule has 14 heavy (non-hydrogen) atoms. The van der Waals surface area contributed by atoms with Gasteiger partial charge in [0, 0.05) is 18.3 Å². The number of nitrogens with zero attached hydrogens (tertiary/aromatic N) is 1. The maximum absolute atomic E-state index is 10.6. The molecule has 1 aromatic rings. The van der Waals surface area contributed by atoms with Gasteiger partial charge in [0.2, 0.25) is 0 Å². The molecule has 5 nitrogen and oxygen atoms in total. The van der Waals surface area contributed by atoms with Crippen LogP contribution in [0.3, 0.4) is 0 Å². The van der Waals surface area contributed by atoms with E-state index in [4.69, 9.17) is 11.5 Å². The lowest BCUT2D eigenvalue weighted by Crippen LogP contribution is -1.95. The van der Waals surface area contributed by atoms with Crippen LogP contribution in [-0.4, -0.2) is 11.5 Å². The Bertz CT molecular complexity index is 374. The molecule has 0 atom stereocenters. The highest BCUT2D eigenvalue weighted by molar-refractivity contribution is 5.65. The molecule has 0 saturated heterocycles. The van der Waals surface area contributed by atoms with Crippen molar-refractivity contribution in [1.82, 2.24) is 0 Å². The van der Waals surface area contributed by atoms with Crippen LogP contribution in [0.25, 0.3) is 6.08 Å². The van der Waals surface area contributed by atoms with Crippen molar-refractivity contribution in [2.24, 2.45) is 5.73 Å². The third kappa shape index (κ3) is 2.30. The molecule has 0 aliphatic heterocycles. The number of nitrogen functional groups attached to an aromatic ring is 1. The molecule has 0 amide bonds. The zero-order chi connectivity index (χ0) is 10.6. The molecular weight excluding hydrogens is 182 g/mol. The van der Waals surface area contributed by atoms with Crippen LogP contribution in [-0.2, 0) is 0 Å². The molecule has 0 fully saturated rings. The van der Waals surface area contributed by atoms with E-state index in [0.717, 1.165) is 0 Å². The summed E-state index contributed by atoms with van der Waals surface area (Å²) in [5.41, 5.74) is 11.8. The molecule has 0 radical (unpaired) electrons. The molecule has 0 aliphatic rings. The Hall–Kier alpha value is -1.88. The number of nitro benzene ring substituents is 1. The molecule has 0 unspecified atom stereocenters. The number of hydrogen-bond acceptors (Lipinski definition) is 4. The summed E-state index contributed by atoms with van der Waals surface area (Å²) in [7, 11) is 0. The molecule has 0 aromatic heterocycles. The first-order valence-electron chi connectivity index (χ1n) is 4.05. The second-order valence-electron chi connectivity index (χ2n) is 2.71. The third-order valence-corrected chi connectivity index (χ3v) is 1.68. The molecule has 1 aromatic carbocycles. The normalized spacial score (nSPS) is 10.6. The molecule has 0 bridgehead atoms. The van der Waals surface area contributed by atoms with Crippen LogP contribution in [0.5, 0.6) is 0 Å². The van der Waals surface area contributed by atoms with Gasteiger partial charge in [0.05, 0.1) is 10.5 Å². The minimum atomic E-state index is -0.449. The third-order valence-electron chi connectivity index (χ3n) is 1.68. The number of rotatable bonds is 3. The maximum atomic E-state index is 10.6. The average Bonchev–Trinajstić information content (AvgIpc) is 2.14. The average molecular weight is 193 g/mol. The summed E-state index contributed by atoms with van der Waals surface area (Å²) < 4.78 is 0. The van der Waals surface area contributed by atoms with E-state index >= 15 is 0 Å². The van der Waals surface area contributed by atoms with Gasteiger partial charge in [-0.1, -0.05) is 12.2 Å². The van der Waals surface area contributed by atoms with Crippen molar-refractivity contribution in [2.45, 2.75) is 0 Å². The lowest BCUT2D eigenvalue weighted by Gasteiger charge is -1.98. The van der Waals surface area contributed by atoms with Gasteiger partial charge in [0.15, 0.2) is 0 Å². The van der Waals surface area contributed by atoms with Crippen LogP contribution in [0.1, 0.15) is 5.56 Å².